The van der Waals surface area contributed by atoms with Gasteiger partial charge in [-0.05, 0) is 65.6 Å². The number of fused-ring (bicyclic) bond motifs is 1. The molecule has 43 heavy (non-hydrogen) atoms. The van der Waals surface area contributed by atoms with E-state index in [4.69, 9.17) is 14.2 Å². The fourth-order valence-corrected chi connectivity index (χ4v) is 5.51. The molecule has 1 unspecified atom stereocenters. The molecular formula is C35H35N3O5. The van der Waals surface area contributed by atoms with Crippen LogP contribution in [0.2, 0.25) is 0 Å². The number of aryl methyl sites for hydroxylation is 1. The zero-order valence-electron chi connectivity index (χ0n) is 24.2. The molecule has 2 heterocycles. The van der Waals surface area contributed by atoms with Crippen LogP contribution in [0.5, 0.6) is 11.5 Å². The molecule has 0 spiro atoms. The summed E-state index contributed by atoms with van der Waals surface area (Å²) in [7, 11) is 0. The van der Waals surface area contributed by atoms with Crippen LogP contribution in [0.25, 0.3) is 0 Å². The average Bonchev–Trinajstić information content (AvgIpc) is 3.51. The van der Waals surface area contributed by atoms with Gasteiger partial charge in [0, 0.05) is 31.0 Å². The van der Waals surface area contributed by atoms with Gasteiger partial charge in [0.15, 0.2) is 11.5 Å². The van der Waals surface area contributed by atoms with Crippen molar-refractivity contribution in [2.24, 2.45) is 0 Å². The van der Waals surface area contributed by atoms with Gasteiger partial charge in [-0.25, -0.2) is 0 Å². The van der Waals surface area contributed by atoms with E-state index in [0.29, 0.717) is 36.0 Å². The first-order valence-corrected chi connectivity index (χ1v) is 14.6. The smallest absolute Gasteiger partial charge is 0.251 e. The van der Waals surface area contributed by atoms with Crippen LogP contribution in [0.1, 0.15) is 28.3 Å². The number of amides is 2. The molecule has 8 nitrogen and oxygen atoms in total. The van der Waals surface area contributed by atoms with Gasteiger partial charge in [0.2, 0.25) is 12.7 Å². The summed E-state index contributed by atoms with van der Waals surface area (Å²) in [6.45, 7) is 5.45. The van der Waals surface area contributed by atoms with Crippen LogP contribution in [-0.4, -0.2) is 49.8 Å². The van der Waals surface area contributed by atoms with Gasteiger partial charge >= 0.3 is 0 Å². The Morgan fingerprint density at radius 3 is 2.35 bits per heavy atom. The normalized spacial score (nSPS) is 14.7. The number of morpholine rings is 1. The number of benzene rings is 4. The highest BCUT2D eigenvalue weighted by Gasteiger charge is 2.33. The molecular weight excluding hydrogens is 542 g/mol. The number of ether oxygens (including phenoxy) is 3. The summed E-state index contributed by atoms with van der Waals surface area (Å²) in [6.07, 6.45) is 0.162. The van der Waals surface area contributed by atoms with Crippen LogP contribution >= 0.6 is 0 Å². The molecule has 1 N–H and O–H groups in total. The van der Waals surface area contributed by atoms with Gasteiger partial charge in [0.05, 0.1) is 19.6 Å². The van der Waals surface area contributed by atoms with E-state index in [0.717, 1.165) is 35.5 Å². The van der Waals surface area contributed by atoms with Gasteiger partial charge in [-0.15, -0.1) is 0 Å². The highest BCUT2D eigenvalue weighted by Crippen LogP contribution is 2.37. The topological polar surface area (TPSA) is 80.3 Å². The van der Waals surface area contributed by atoms with Gasteiger partial charge < -0.3 is 29.3 Å². The molecule has 0 saturated carbocycles. The van der Waals surface area contributed by atoms with Crippen LogP contribution in [0.4, 0.5) is 11.4 Å². The van der Waals surface area contributed by atoms with Crippen LogP contribution in [0.15, 0.2) is 97.1 Å². The van der Waals surface area contributed by atoms with Crippen molar-refractivity contribution in [1.29, 1.82) is 0 Å². The summed E-state index contributed by atoms with van der Waals surface area (Å²) in [6, 6.07) is 29.8. The van der Waals surface area contributed by atoms with Crippen molar-refractivity contribution in [2.45, 2.75) is 25.9 Å². The predicted octanol–water partition coefficient (Wildman–Crippen LogP) is 5.51. The van der Waals surface area contributed by atoms with E-state index in [2.05, 4.69) is 10.2 Å². The molecule has 0 aromatic heterocycles. The molecule has 1 saturated heterocycles. The van der Waals surface area contributed by atoms with E-state index in [-0.39, 0.29) is 31.6 Å². The van der Waals surface area contributed by atoms with Crippen LogP contribution in [0, 0.1) is 6.92 Å². The van der Waals surface area contributed by atoms with Crippen LogP contribution in [0.3, 0.4) is 0 Å². The Morgan fingerprint density at radius 1 is 0.860 bits per heavy atom. The van der Waals surface area contributed by atoms with E-state index in [1.807, 2.05) is 91.9 Å². The second-order valence-corrected chi connectivity index (χ2v) is 10.8. The van der Waals surface area contributed by atoms with Crippen molar-refractivity contribution >= 4 is 23.2 Å². The average molecular weight is 578 g/mol. The number of nitrogens with one attached hydrogen (secondary N) is 1. The third-order valence-corrected chi connectivity index (χ3v) is 7.90. The Hall–Kier alpha value is -4.82. The summed E-state index contributed by atoms with van der Waals surface area (Å²) in [5.41, 5.74) is 5.26. The molecule has 8 heteroatoms. The number of rotatable bonds is 9. The summed E-state index contributed by atoms with van der Waals surface area (Å²) >= 11 is 0. The number of carbonyl (C=O) groups is 2. The quantitative estimate of drug-likeness (QED) is 0.283. The maximum Gasteiger partial charge on any atom is 0.251 e. The zero-order valence-corrected chi connectivity index (χ0v) is 24.2. The molecule has 0 bridgehead atoms. The number of anilines is 2. The zero-order chi connectivity index (χ0) is 29.6. The largest absolute Gasteiger partial charge is 0.454 e. The molecule has 1 atom stereocenters. The maximum absolute atomic E-state index is 14.3. The molecule has 2 amide bonds. The van der Waals surface area contributed by atoms with Crippen molar-refractivity contribution in [3.63, 3.8) is 0 Å². The highest BCUT2D eigenvalue weighted by molar-refractivity contribution is 5.98. The van der Waals surface area contributed by atoms with E-state index in [1.165, 1.54) is 0 Å². The third-order valence-electron chi connectivity index (χ3n) is 7.90. The van der Waals surface area contributed by atoms with E-state index < -0.39 is 6.04 Å². The van der Waals surface area contributed by atoms with Crippen molar-refractivity contribution < 1.29 is 23.8 Å². The third kappa shape index (κ3) is 6.65. The molecule has 4 aromatic rings. The van der Waals surface area contributed by atoms with Gasteiger partial charge in [-0.2, -0.15) is 0 Å². The van der Waals surface area contributed by atoms with Gasteiger partial charge in [0.1, 0.15) is 6.04 Å². The first-order chi connectivity index (χ1) is 21.0. The fraction of sp³-hybridized carbons (Fsp3) is 0.257. The SMILES string of the molecule is Cc1ccccc1CN(C(=O)Cc1ccccc1)C(C(=O)Nc1ccc(N2CCOCC2)cc1)c1ccc2c(c1)OCO2. The van der Waals surface area contributed by atoms with Crippen LogP contribution in [-0.2, 0) is 27.3 Å². The lowest BCUT2D eigenvalue weighted by Crippen LogP contribution is -2.41. The Kier molecular flexibility index (Phi) is 8.56. The standard InChI is InChI=1S/C35H35N3O5/c1-25-7-5-6-10-28(25)23-38(33(39)21-26-8-3-2-4-9-26)34(27-11-16-31-32(22-27)43-24-42-31)35(40)36-29-12-14-30(15-13-29)37-17-19-41-20-18-37/h2-16,22,34H,17-21,23-24H2,1H3,(H,36,40). The monoisotopic (exact) mass is 577 g/mol. The molecule has 1 fully saturated rings. The first kappa shape index (κ1) is 28.3. The van der Waals surface area contributed by atoms with Crippen LogP contribution < -0.4 is 19.7 Å². The molecule has 0 radical (unpaired) electrons. The van der Waals surface area contributed by atoms with E-state index >= 15 is 0 Å². The Balaban J connectivity index is 1.34. The van der Waals surface area contributed by atoms with E-state index in [9.17, 15) is 9.59 Å². The molecule has 2 aliphatic rings. The first-order valence-electron chi connectivity index (χ1n) is 14.6. The molecule has 2 aliphatic heterocycles. The van der Waals surface area contributed by atoms with Crippen molar-refractivity contribution in [3.8, 4) is 11.5 Å². The fourth-order valence-electron chi connectivity index (χ4n) is 5.51. The van der Waals surface area contributed by atoms with Crippen molar-refractivity contribution in [3.05, 3.63) is 119 Å². The Labute approximate surface area is 251 Å². The lowest BCUT2D eigenvalue weighted by molar-refractivity contribution is -0.139. The minimum absolute atomic E-state index is 0.116. The highest BCUT2D eigenvalue weighted by atomic mass is 16.7. The minimum Gasteiger partial charge on any atom is -0.454 e. The number of hydrogen-bond acceptors (Lipinski definition) is 6. The lowest BCUT2D eigenvalue weighted by atomic mass is 9.99. The summed E-state index contributed by atoms with van der Waals surface area (Å²) in [5, 5.41) is 3.09. The molecule has 6 rings (SSSR count). The second kappa shape index (κ2) is 13.0. The number of nitrogens with zero attached hydrogens (tertiary/aromatic N) is 2. The Bertz CT molecular complexity index is 1570. The minimum atomic E-state index is -0.927. The molecule has 4 aromatic carbocycles. The van der Waals surface area contributed by atoms with Gasteiger partial charge in [-0.1, -0.05) is 60.7 Å². The number of carbonyl (C=O) groups excluding carboxylic acids is 2. The maximum atomic E-state index is 14.3. The summed E-state index contributed by atoms with van der Waals surface area (Å²) < 4.78 is 16.7. The molecule has 220 valence electrons. The van der Waals surface area contributed by atoms with Gasteiger partial charge in [-0.3, -0.25) is 9.59 Å². The van der Waals surface area contributed by atoms with Gasteiger partial charge in [0.25, 0.3) is 5.91 Å². The van der Waals surface area contributed by atoms with Crippen molar-refractivity contribution in [1.82, 2.24) is 4.90 Å². The second-order valence-electron chi connectivity index (χ2n) is 10.8. The van der Waals surface area contributed by atoms with Crippen molar-refractivity contribution in [2.75, 3.05) is 43.3 Å². The summed E-state index contributed by atoms with van der Waals surface area (Å²) in [5.74, 6) is 0.696. The van der Waals surface area contributed by atoms with E-state index in [1.54, 1.807) is 17.0 Å². The summed E-state index contributed by atoms with van der Waals surface area (Å²) in [4.78, 5) is 32.3. The lowest BCUT2D eigenvalue weighted by Gasteiger charge is -2.32. The number of hydrogen-bond donors (Lipinski definition) is 1. The predicted molar refractivity (Wildman–Crippen MR) is 165 cm³/mol. The Morgan fingerprint density at radius 2 is 1.58 bits per heavy atom. The molecule has 0 aliphatic carbocycles.